The van der Waals surface area contributed by atoms with Gasteiger partial charge in [-0.2, -0.15) is 0 Å². The third-order valence-electron chi connectivity index (χ3n) is 3.21. The highest BCUT2D eigenvalue weighted by molar-refractivity contribution is 5.93. The largest absolute Gasteiger partial charge is 0.497 e. The van der Waals surface area contributed by atoms with E-state index in [1.165, 1.54) is 38.6 Å². The van der Waals surface area contributed by atoms with Crippen molar-refractivity contribution < 1.29 is 28.2 Å². The van der Waals surface area contributed by atoms with Crippen LogP contribution in [0.15, 0.2) is 42.6 Å². The molecular weight excluding hydrogens is 317 g/mol. The second-order valence-corrected chi connectivity index (χ2v) is 4.76. The summed E-state index contributed by atoms with van der Waals surface area (Å²) in [5.74, 6) is -0.925. The van der Waals surface area contributed by atoms with Crippen molar-refractivity contribution in [3.05, 3.63) is 59.4 Å². The number of esters is 2. The van der Waals surface area contributed by atoms with Gasteiger partial charge in [-0.25, -0.2) is 19.0 Å². The topological polar surface area (TPSA) is 74.7 Å². The third kappa shape index (κ3) is 4.28. The molecule has 0 bridgehead atoms. The minimum atomic E-state index is -1.51. The fourth-order valence-electron chi connectivity index (χ4n) is 1.94. The van der Waals surface area contributed by atoms with Gasteiger partial charge in [-0.3, -0.25) is 0 Å². The molecule has 1 unspecified atom stereocenters. The van der Waals surface area contributed by atoms with Gasteiger partial charge in [0.05, 0.1) is 19.8 Å². The predicted molar refractivity (Wildman–Crippen MR) is 82.7 cm³/mol. The highest BCUT2D eigenvalue weighted by atomic mass is 19.1. The molecule has 7 heteroatoms. The van der Waals surface area contributed by atoms with Crippen LogP contribution in [-0.2, 0) is 9.47 Å². The molecule has 1 aromatic heterocycles. The molecule has 0 aliphatic heterocycles. The van der Waals surface area contributed by atoms with Crippen LogP contribution in [-0.4, -0.2) is 37.7 Å². The van der Waals surface area contributed by atoms with Gasteiger partial charge >= 0.3 is 11.9 Å². The zero-order valence-electron chi connectivity index (χ0n) is 13.2. The van der Waals surface area contributed by atoms with Crippen LogP contribution >= 0.6 is 0 Å². The Morgan fingerprint density at radius 3 is 2.67 bits per heavy atom. The van der Waals surface area contributed by atoms with Crippen LogP contribution in [0.5, 0.6) is 5.75 Å². The smallest absolute Gasteiger partial charge is 0.357 e. The van der Waals surface area contributed by atoms with Crippen LogP contribution in [0.4, 0.5) is 4.39 Å². The minimum absolute atomic E-state index is 0.101. The first-order valence-corrected chi connectivity index (χ1v) is 7.04. The zero-order chi connectivity index (χ0) is 17.5. The van der Waals surface area contributed by atoms with Crippen molar-refractivity contribution in [2.45, 2.75) is 6.17 Å². The number of alkyl halides is 1. The van der Waals surface area contributed by atoms with Crippen LogP contribution in [0.2, 0.25) is 0 Å². The van der Waals surface area contributed by atoms with E-state index in [0.717, 1.165) is 0 Å². The van der Waals surface area contributed by atoms with E-state index in [4.69, 9.17) is 9.47 Å². The van der Waals surface area contributed by atoms with E-state index < -0.39 is 24.7 Å². The number of ether oxygens (including phenoxy) is 3. The van der Waals surface area contributed by atoms with Crippen molar-refractivity contribution in [3.8, 4) is 5.75 Å². The van der Waals surface area contributed by atoms with E-state index in [2.05, 4.69) is 9.72 Å². The lowest BCUT2D eigenvalue weighted by molar-refractivity contribution is 0.0392. The van der Waals surface area contributed by atoms with E-state index in [1.54, 1.807) is 18.2 Å². The SMILES string of the molecule is COC(=O)c1ccnc(C(=O)OCC(F)c2cccc(OC)c2)c1. The number of nitrogens with zero attached hydrogens (tertiary/aromatic N) is 1. The molecule has 0 spiro atoms. The minimum Gasteiger partial charge on any atom is -0.497 e. The fourth-order valence-corrected chi connectivity index (χ4v) is 1.94. The fraction of sp³-hybridized carbons (Fsp3) is 0.235. The number of pyridine rings is 1. The number of hydrogen-bond acceptors (Lipinski definition) is 6. The Kier molecular flexibility index (Phi) is 5.83. The zero-order valence-corrected chi connectivity index (χ0v) is 13.2. The summed E-state index contributed by atoms with van der Waals surface area (Å²) < 4.78 is 28.7. The molecule has 1 aromatic carbocycles. The molecule has 2 rings (SSSR count). The monoisotopic (exact) mass is 333 g/mol. The second-order valence-electron chi connectivity index (χ2n) is 4.76. The molecule has 0 aliphatic carbocycles. The molecule has 0 saturated carbocycles. The van der Waals surface area contributed by atoms with Gasteiger partial charge in [0, 0.05) is 6.20 Å². The molecule has 1 atom stereocenters. The number of carbonyl (C=O) groups excluding carboxylic acids is 2. The van der Waals surface area contributed by atoms with Gasteiger partial charge in [0.25, 0.3) is 0 Å². The van der Waals surface area contributed by atoms with E-state index in [0.29, 0.717) is 11.3 Å². The average molecular weight is 333 g/mol. The third-order valence-corrected chi connectivity index (χ3v) is 3.21. The van der Waals surface area contributed by atoms with Gasteiger partial charge in [0.2, 0.25) is 0 Å². The van der Waals surface area contributed by atoms with Crippen molar-refractivity contribution in [1.29, 1.82) is 0 Å². The normalized spacial score (nSPS) is 11.5. The Labute approximate surface area is 138 Å². The van der Waals surface area contributed by atoms with Crippen molar-refractivity contribution >= 4 is 11.9 Å². The van der Waals surface area contributed by atoms with Gasteiger partial charge in [0.15, 0.2) is 6.17 Å². The number of carbonyl (C=O) groups is 2. The highest BCUT2D eigenvalue weighted by Gasteiger charge is 2.17. The van der Waals surface area contributed by atoms with Crippen LogP contribution in [0.1, 0.15) is 32.6 Å². The summed E-state index contributed by atoms with van der Waals surface area (Å²) >= 11 is 0. The second kappa shape index (κ2) is 8.05. The molecule has 2 aromatic rings. The molecule has 0 saturated heterocycles. The lowest BCUT2D eigenvalue weighted by Crippen LogP contribution is -2.13. The first kappa shape index (κ1) is 17.4. The number of aromatic nitrogens is 1. The lowest BCUT2D eigenvalue weighted by Gasteiger charge is -2.11. The van der Waals surface area contributed by atoms with Crippen LogP contribution < -0.4 is 4.74 Å². The summed E-state index contributed by atoms with van der Waals surface area (Å²) in [7, 11) is 2.70. The number of methoxy groups -OCH3 is 2. The number of benzene rings is 1. The van der Waals surface area contributed by atoms with Gasteiger partial charge in [-0.1, -0.05) is 12.1 Å². The molecule has 126 valence electrons. The maximum Gasteiger partial charge on any atom is 0.357 e. The molecule has 0 fully saturated rings. The number of rotatable bonds is 6. The summed E-state index contributed by atoms with van der Waals surface area (Å²) in [5, 5.41) is 0. The maximum atomic E-state index is 14.2. The Bertz CT molecular complexity index is 734. The van der Waals surface area contributed by atoms with Crippen LogP contribution in [0, 0.1) is 0 Å². The van der Waals surface area contributed by atoms with E-state index in [9.17, 15) is 14.0 Å². The van der Waals surface area contributed by atoms with Crippen molar-refractivity contribution in [2.24, 2.45) is 0 Å². The van der Waals surface area contributed by atoms with Crippen LogP contribution in [0.3, 0.4) is 0 Å². The average Bonchev–Trinajstić information content (AvgIpc) is 2.65. The first-order valence-electron chi connectivity index (χ1n) is 7.04. The molecule has 1 heterocycles. The summed E-state index contributed by atoms with van der Waals surface area (Å²) in [6.45, 7) is -0.476. The summed E-state index contributed by atoms with van der Waals surface area (Å²) in [6, 6.07) is 9.05. The molecule has 0 N–H and O–H groups in total. The van der Waals surface area contributed by atoms with Crippen molar-refractivity contribution in [3.63, 3.8) is 0 Å². The van der Waals surface area contributed by atoms with E-state index >= 15 is 0 Å². The predicted octanol–water partition coefficient (Wildman–Crippen LogP) is 2.74. The Balaban J connectivity index is 2.01. The molecule has 24 heavy (non-hydrogen) atoms. The highest BCUT2D eigenvalue weighted by Crippen LogP contribution is 2.22. The first-order chi connectivity index (χ1) is 11.5. The van der Waals surface area contributed by atoms with Crippen LogP contribution in [0.25, 0.3) is 0 Å². The Hall–Kier alpha value is -2.96. The van der Waals surface area contributed by atoms with Gasteiger partial charge in [-0.15, -0.1) is 0 Å². The quantitative estimate of drug-likeness (QED) is 0.757. The van der Waals surface area contributed by atoms with Crippen molar-refractivity contribution in [2.75, 3.05) is 20.8 Å². The molecule has 0 amide bonds. The summed E-state index contributed by atoms with van der Waals surface area (Å²) in [6.07, 6.45) is -0.231. The summed E-state index contributed by atoms with van der Waals surface area (Å²) in [5.41, 5.74) is 0.387. The van der Waals surface area contributed by atoms with E-state index in [1.807, 2.05) is 0 Å². The maximum absolute atomic E-state index is 14.2. The molecular formula is C17H16FNO5. The lowest BCUT2D eigenvalue weighted by atomic mass is 10.1. The van der Waals surface area contributed by atoms with Gasteiger partial charge < -0.3 is 14.2 Å². The molecule has 0 aliphatic rings. The van der Waals surface area contributed by atoms with Gasteiger partial charge in [0.1, 0.15) is 18.1 Å². The summed E-state index contributed by atoms with van der Waals surface area (Å²) in [4.78, 5) is 27.2. The Morgan fingerprint density at radius 2 is 1.96 bits per heavy atom. The molecule has 0 radical (unpaired) electrons. The Morgan fingerprint density at radius 1 is 1.17 bits per heavy atom. The number of hydrogen-bond donors (Lipinski definition) is 0. The van der Waals surface area contributed by atoms with Gasteiger partial charge in [-0.05, 0) is 29.8 Å². The standard InChI is InChI=1S/C17H16FNO5/c1-22-13-5-3-4-11(8-13)14(18)10-24-17(21)15-9-12(6-7-19-15)16(20)23-2/h3-9,14H,10H2,1-2H3. The van der Waals surface area contributed by atoms with E-state index in [-0.39, 0.29) is 11.3 Å². The van der Waals surface area contributed by atoms with Crippen molar-refractivity contribution in [1.82, 2.24) is 4.98 Å². The molecule has 6 nitrogen and oxygen atoms in total. The number of halogens is 1.